The number of hydrogen-bond donors (Lipinski definition) is 2. The lowest BCUT2D eigenvalue weighted by Crippen LogP contribution is -2.48. The van der Waals surface area contributed by atoms with Gasteiger partial charge < -0.3 is 15.8 Å². The van der Waals surface area contributed by atoms with E-state index >= 15 is 0 Å². The average Bonchev–Trinajstić information content (AvgIpc) is 3.25. The Morgan fingerprint density at radius 1 is 1.27 bits per heavy atom. The predicted molar refractivity (Wildman–Crippen MR) is 102 cm³/mol. The summed E-state index contributed by atoms with van der Waals surface area (Å²) in [5.74, 6) is 1.10. The van der Waals surface area contributed by atoms with Crippen LogP contribution < -0.4 is 11.1 Å². The van der Waals surface area contributed by atoms with E-state index in [1.54, 1.807) is 0 Å². The van der Waals surface area contributed by atoms with E-state index in [9.17, 15) is 4.79 Å². The summed E-state index contributed by atoms with van der Waals surface area (Å²) in [5, 5.41) is 3.95. The summed E-state index contributed by atoms with van der Waals surface area (Å²) in [6, 6.07) is 8.00. The molecule has 2 saturated carbocycles. The maximum absolute atomic E-state index is 12.9. The van der Waals surface area contributed by atoms with Crippen molar-refractivity contribution in [2.45, 2.75) is 31.3 Å². The highest BCUT2D eigenvalue weighted by Gasteiger charge is 2.49. The third-order valence-corrected chi connectivity index (χ3v) is 6.85. The first-order chi connectivity index (χ1) is 12.6. The molecular weight excluding hydrogens is 350 g/mol. The molecule has 0 spiro atoms. The van der Waals surface area contributed by atoms with E-state index < -0.39 is 0 Å². The predicted octanol–water partition coefficient (Wildman–Crippen LogP) is 2.20. The minimum atomic E-state index is -0.0228. The van der Waals surface area contributed by atoms with Crippen molar-refractivity contribution >= 4 is 17.5 Å². The zero-order valence-electron chi connectivity index (χ0n) is 15.1. The average molecular weight is 378 g/mol. The lowest BCUT2D eigenvalue weighted by molar-refractivity contribution is -0.127. The molecule has 1 aliphatic heterocycles. The zero-order valence-corrected chi connectivity index (χ0v) is 15.8. The van der Waals surface area contributed by atoms with Crippen LogP contribution in [0, 0.1) is 17.8 Å². The van der Waals surface area contributed by atoms with Crippen molar-refractivity contribution in [2.75, 3.05) is 32.8 Å². The van der Waals surface area contributed by atoms with Crippen LogP contribution >= 0.6 is 11.6 Å². The molecule has 0 radical (unpaired) electrons. The maximum atomic E-state index is 12.9. The number of amides is 1. The van der Waals surface area contributed by atoms with Gasteiger partial charge in [0.05, 0.1) is 25.2 Å². The lowest BCUT2D eigenvalue weighted by Gasteiger charge is -2.36. The molecule has 142 valence electrons. The van der Waals surface area contributed by atoms with Crippen molar-refractivity contribution < 1.29 is 9.53 Å². The zero-order chi connectivity index (χ0) is 18.1. The SMILES string of the molecule is NC1C2CCC(C2)C1C(=O)NCC(c1ccccc1Cl)N1CCOCC1. The van der Waals surface area contributed by atoms with Gasteiger partial charge in [-0.15, -0.1) is 0 Å². The summed E-state index contributed by atoms with van der Waals surface area (Å²) in [7, 11) is 0. The molecule has 1 aromatic carbocycles. The number of hydrogen-bond acceptors (Lipinski definition) is 4. The Bertz CT molecular complexity index is 648. The monoisotopic (exact) mass is 377 g/mol. The van der Waals surface area contributed by atoms with Crippen LogP contribution in [0.3, 0.4) is 0 Å². The first-order valence-electron chi connectivity index (χ1n) is 9.74. The van der Waals surface area contributed by atoms with Crippen LogP contribution in [0.1, 0.15) is 30.9 Å². The van der Waals surface area contributed by atoms with Gasteiger partial charge in [-0.05, 0) is 42.7 Å². The summed E-state index contributed by atoms with van der Waals surface area (Å²) in [6.07, 6.45) is 3.45. The standard InChI is InChI=1S/C20H28ClN3O2/c21-16-4-2-1-3-15(16)17(24-7-9-26-10-8-24)12-23-20(25)18-13-5-6-14(11-13)19(18)22/h1-4,13-14,17-19H,5-12,22H2,(H,23,25). The van der Waals surface area contributed by atoms with E-state index in [2.05, 4.69) is 16.3 Å². The van der Waals surface area contributed by atoms with Gasteiger partial charge in [0, 0.05) is 30.7 Å². The van der Waals surface area contributed by atoms with Gasteiger partial charge >= 0.3 is 0 Å². The molecule has 1 aromatic rings. The van der Waals surface area contributed by atoms with Crippen molar-refractivity contribution in [3.8, 4) is 0 Å². The molecule has 3 N–H and O–H groups in total. The molecule has 2 aliphatic carbocycles. The van der Waals surface area contributed by atoms with Crippen molar-refractivity contribution in [3.05, 3.63) is 34.9 Å². The number of fused-ring (bicyclic) bond motifs is 2. The fraction of sp³-hybridized carbons (Fsp3) is 0.650. The van der Waals surface area contributed by atoms with Crippen LogP contribution in [0.25, 0.3) is 0 Å². The molecule has 1 heterocycles. The number of carbonyl (C=O) groups is 1. The summed E-state index contributed by atoms with van der Waals surface area (Å²) in [6.45, 7) is 3.68. The molecule has 3 aliphatic rings. The van der Waals surface area contributed by atoms with Gasteiger partial charge in [-0.2, -0.15) is 0 Å². The Morgan fingerprint density at radius 3 is 2.69 bits per heavy atom. The van der Waals surface area contributed by atoms with Gasteiger partial charge in [0.25, 0.3) is 0 Å². The van der Waals surface area contributed by atoms with Crippen LogP contribution in [-0.2, 0) is 9.53 Å². The Kier molecular flexibility index (Phi) is 5.50. The van der Waals surface area contributed by atoms with E-state index in [0.29, 0.717) is 31.6 Å². The van der Waals surface area contributed by atoms with Crippen LogP contribution in [0.15, 0.2) is 24.3 Å². The highest BCUT2D eigenvalue weighted by Crippen LogP contribution is 2.47. The Morgan fingerprint density at radius 2 is 2.00 bits per heavy atom. The topological polar surface area (TPSA) is 67.6 Å². The number of morpholine rings is 1. The maximum Gasteiger partial charge on any atom is 0.225 e. The number of nitrogens with two attached hydrogens (primary N) is 1. The first kappa shape index (κ1) is 18.2. The number of nitrogens with one attached hydrogen (secondary N) is 1. The first-order valence-corrected chi connectivity index (χ1v) is 10.1. The van der Waals surface area contributed by atoms with Crippen molar-refractivity contribution in [1.29, 1.82) is 0 Å². The van der Waals surface area contributed by atoms with Crippen molar-refractivity contribution in [1.82, 2.24) is 10.2 Å². The van der Waals surface area contributed by atoms with E-state index in [1.165, 1.54) is 6.42 Å². The van der Waals surface area contributed by atoms with Crippen molar-refractivity contribution in [2.24, 2.45) is 23.5 Å². The van der Waals surface area contributed by atoms with Gasteiger partial charge in [-0.1, -0.05) is 29.8 Å². The smallest absolute Gasteiger partial charge is 0.225 e. The number of halogens is 1. The van der Waals surface area contributed by atoms with Crippen LogP contribution in [0.4, 0.5) is 0 Å². The normalized spacial score (nSPS) is 32.5. The summed E-state index contributed by atoms with van der Waals surface area (Å²) in [4.78, 5) is 15.2. The largest absolute Gasteiger partial charge is 0.379 e. The molecule has 0 aromatic heterocycles. The third kappa shape index (κ3) is 3.50. The molecular formula is C20H28ClN3O2. The Hall–Kier alpha value is -1.14. The quantitative estimate of drug-likeness (QED) is 0.825. The van der Waals surface area contributed by atoms with E-state index in [-0.39, 0.29) is 23.9 Å². The highest BCUT2D eigenvalue weighted by molar-refractivity contribution is 6.31. The Balaban J connectivity index is 1.46. The summed E-state index contributed by atoms with van der Waals surface area (Å²) < 4.78 is 5.49. The second-order valence-electron chi connectivity index (χ2n) is 7.87. The Labute approximate surface area is 160 Å². The minimum Gasteiger partial charge on any atom is -0.379 e. The number of carbonyl (C=O) groups excluding carboxylic acids is 1. The highest BCUT2D eigenvalue weighted by atomic mass is 35.5. The van der Waals surface area contributed by atoms with Crippen LogP contribution in [0.2, 0.25) is 5.02 Å². The minimum absolute atomic E-state index is 0.0228. The molecule has 5 nitrogen and oxygen atoms in total. The van der Waals surface area contributed by atoms with Crippen LogP contribution in [-0.4, -0.2) is 49.7 Å². The van der Waals surface area contributed by atoms with Gasteiger partial charge in [-0.25, -0.2) is 0 Å². The molecule has 5 unspecified atom stereocenters. The number of ether oxygens (including phenoxy) is 1. The fourth-order valence-electron chi connectivity index (χ4n) is 5.11. The lowest BCUT2D eigenvalue weighted by atomic mass is 9.84. The van der Waals surface area contributed by atoms with Gasteiger partial charge in [0.15, 0.2) is 0 Å². The summed E-state index contributed by atoms with van der Waals surface area (Å²) in [5.41, 5.74) is 7.40. The number of benzene rings is 1. The van der Waals surface area contributed by atoms with E-state index in [0.717, 1.165) is 36.5 Å². The molecule has 26 heavy (non-hydrogen) atoms. The van der Waals surface area contributed by atoms with Gasteiger partial charge in [-0.3, -0.25) is 9.69 Å². The van der Waals surface area contributed by atoms with Gasteiger partial charge in [0.2, 0.25) is 5.91 Å². The number of rotatable bonds is 5. The number of nitrogens with zero attached hydrogens (tertiary/aromatic N) is 1. The molecule has 3 fully saturated rings. The second-order valence-corrected chi connectivity index (χ2v) is 8.27. The molecule has 1 saturated heterocycles. The molecule has 5 atom stereocenters. The summed E-state index contributed by atoms with van der Waals surface area (Å²) >= 11 is 6.46. The third-order valence-electron chi connectivity index (χ3n) is 6.50. The van der Waals surface area contributed by atoms with Crippen molar-refractivity contribution in [3.63, 3.8) is 0 Å². The molecule has 2 bridgehead atoms. The molecule has 4 rings (SSSR count). The fourth-order valence-corrected chi connectivity index (χ4v) is 5.37. The van der Waals surface area contributed by atoms with Crippen LogP contribution in [0.5, 0.6) is 0 Å². The van der Waals surface area contributed by atoms with Gasteiger partial charge in [0.1, 0.15) is 0 Å². The molecule has 1 amide bonds. The van der Waals surface area contributed by atoms with E-state index in [1.807, 2.05) is 18.2 Å². The molecule has 6 heteroatoms. The second kappa shape index (κ2) is 7.85. The van der Waals surface area contributed by atoms with E-state index in [4.69, 9.17) is 22.1 Å².